The van der Waals surface area contributed by atoms with Gasteiger partial charge in [-0.05, 0) is 57.6 Å². The van der Waals surface area contributed by atoms with E-state index in [1.807, 2.05) is 0 Å². The molecule has 1 unspecified atom stereocenters. The number of amides is 2. The molecule has 0 aliphatic carbocycles. The maximum atomic E-state index is 13.3. The van der Waals surface area contributed by atoms with E-state index in [-0.39, 0.29) is 29.5 Å². The second kappa shape index (κ2) is 11.1. The summed E-state index contributed by atoms with van der Waals surface area (Å²) >= 11 is 0. The van der Waals surface area contributed by atoms with Gasteiger partial charge in [0.2, 0.25) is 0 Å². The van der Waals surface area contributed by atoms with E-state index in [0.717, 1.165) is 6.42 Å². The molecule has 0 radical (unpaired) electrons. The monoisotopic (exact) mass is 530 g/mol. The second-order valence-electron chi connectivity index (χ2n) is 11.4. The van der Waals surface area contributed by atoms with Crippen molar-refractivity contribution in [3.05, 3.63) is 33.9 Å². The molecule has 2 rings (SSSR count). The van der Waals surface area contributed by atoms with Gasteiger partial charge in [0.1, 0.15) is 11.3 Å². The van der Waals surface area contributed by atoms with E-state index in [2.05, 4.69) is 5.32 Å². The van der Waals surface area contributed by atoms with Gasteiger partial charge in [-0.2, -0.15) is 13.2 Å². The molecule has 1 aliphatic heterocycles. The number of nitrogens with one attached hydrogen (secondary N) is 1. The van der Waals surface area contributed by atoms with E-state index in [4.69, 9.17) is 4.74 Å². The molecule has 0 spiro atoms. The fourth-order valence-corrected chi connectivity index (χ4v) is 4.02. The molecule has 1 aliphatic rings. The van der Waals surface area contributed by atoms with Gasteiger partial charge in [-0.1, -0.05) is 26.8 Å². The lowest BCUT2D eigenvalue weighted by molar-refractivity contribution is -0.384. The second-order valence-corrected chi connectivity index (χ2v) is 11.4. The van der Waals surface area contributed by atoms with Crippen molar-refractivity contribution in [2.45, 2.75) is 91.7 Å². The molecular formula is C25H37F3N4O5. The molecule has 1 fully saturated rings. The highest BCUT2D eigenvalue weighted by atomic mass is 19.4. The topological polar surface area (TPSA) is 105 Å². The van der Waals surface area contributed by atoms with Gasteiger partial charge >= 0.3 is 18.2 Å². The first-order chi connectivity index (χ1) is 16.8. The van der Waals surface area contributed by atoms with Crippen LogP contribution in [0.1, 0.15) is 66.9 Å². The van der Waals surface area contributed by atoms with E-state index >= 15 is 0 Å². The Morgan fingerprint density at radius 3 is 2.35 bits per heavy atom. The summed E-state index contributed by atoms with van der Waals surface area (Å²) in [6.45, 7) is 12.3. The number of hydrogen-bond acceptors (Lipinski definition) is 6. The molecule has 0 aromatic heterocycles. The highest BCUT2D eigenvalue weighted by molar-refractivity contribution is 5.82. The number of hydrogen-bond donors (Lipinski definition) is 1. The number of alkyl halides is 3. The number of anilines is 1. The first-order valence-electron chi connectivity index (χ1n) is 12.2. The van der Waals surface area contributed by atoms with Crippen molar-refractivity contribution < 1.29 is 32.4 Å². The normalized spacial score (nSPS) is 17.4. The highest BCUT2D eigenvalue weighted by Gasteiger charge is 2.45. The summed E-state index contributed by atoms with van der Waals surface area (Å²) < 4.78 is 45.4. The molecule has 9 nitrogen and oxygen atoms in total. The van der Waals surface area contributed by atoms with Crippen molar-refractivity contribution in [3.63, 3.8) is 0 Å². The summed E-state index contributed by atoms with van der Waals surface area (Å²) in [5, 5.41) is 14.8. The number of rotatable bonds is 7. The zero-order valence-electron chi connectivity index (χ0n) is 22.4. The predicted molar refractivity (Wildman–Crippen MR) is 133 cm³/mol. The largest absolute Gasteiger partial charge is 0.471 e. The number of ether oxygens (including phenoxy) is 1. The van der Waals surface area contributed by atoms with Crippen molar-refractivity contribution in [2.24, 2.45) is 5.41 Å². The summed E-state index contributed by atoms with van der Waals surface area (Å²) in [5.41, 5.74) is -1.28. The molecule has 1 saturated heterocycles. The minimum atomic E-state index is -5.08. The van der Waals surface area contributed by atoms with Crippen LogP contribution in [0.4, 0.5) is 29.3 Å². The molecule has 1 N–H and O–H groups in total. The van der Waals surface area contributed by atoms with E-state index in [1.165, 1.54) is 25.1 Å². The Bertz CT molecular complexity index is 1000. The zero-order valence-corrected chi connectivity index (χ0v) is 22.4. The maximum absolute atomic E-state index is 13.3. The molecule has 208 valence electrons. The third-order valence-corrected chi connectivity index (χ3v) is 6.37. The number of benzene rings is 1. The number of carbonyl (C=O) groups excluding carboxylic acids is 2. The van der Waals surface area contributed by atoms with Crippen LogP contribution >= 0.6 is 0 Å². The molecule has 1 heterocycles. The fourth-order valence-electron chi connectivity index (χ4n) is 4.02. The smallest absolute Gasteiger partial charge is 0.444 e. The minimum absolute atomic E-state index is 0.169. The molecule has 37 heavy (non-hydrogen) atoms. The van der Waals surface area contributed by atoms with Crippen LogP contribution in [0, 0.1) is 15.5 Å². The quantitative estimate of drug-likeness (QED) is 0.357. The van der Waals surface area contributed by atoms with Gasteiger partial charge in [0, 0.05) is 31.7 Å². The maximum Gasteiger partial charge on any atom is 0.471 e. The summed E-state index contributed by atoms with van der Waals surface area (Å²) in [4.78, 5) is 38.1. The Balaban J connectivity index is 2.24. The predicted octanol–water partition coefficient (Wildman–Crippen LogP) is 5.73. The standard InChI is InChI=1S/C25H37F3N4O5/c1-16(23(2,3)4)31(21(33)25(26,27)28)15-17-10-11-19(20(13-17)32(35)36)29-14-18-9-8-12-30(18)22(34)37-24(5,6)7/h10-11,13,16,18,29H,8-9,12,14-15H2,1-7H3/t16-,18?/m0/s1. The Morgan fingerprint density at radius 2 is 1.84 bits per heavy atom. The van der Waals surface area contributed by atoms with Crippen LogP contribution < -0.4 is 5.32 Å². The van der Waals surface area contributed by atoms with Crippen LogP contribution in [0.3, 0.4) is 0 Å². The Morgan fingerprint density at radius 1 is 1.22 bits per heavy atom. The highest BCUT2D eigenvalue weighted by Crippen LogP contribution is 2.32. The average Bonchev–Trinajstić information content (AvgIpc) is 3.21. The molecular weight excluding hydrogens is 493 g/mol. The molecule has 12 heteroatoms. The molecule has 0 bridgehead atoms. The van der Waals surface area contributed by atoms with Crippen LogP contribution in [0.15, 0.2) is 18.2 Å². The number of nitro benzene ring substituents is 1. The van der Waals surface area contributed by atoms with E-state index in [0.29, 0.717) is 17.9 Å². The number of nitro groups is 1. The van der Waals surface area contributed by atoms with Gasteiger partial charge in [-0.25, -0.2) is 4.79 Å². The third kappa shape index (κ3) is 8.22. The summed E-state index contributed by atoms with van der Waals surface area (Å²) in [5.74, 6) is -2.00. The Kier molecular flexibility index (Phi) is 9.08. The molecule has 1 aromatic carbocycles. The Hall–Kier alpha value is -3.05. The first kappa shape index (κ1) is 30.2. The van der Waals surface area contributed by atoms with Crippen molar-refractivity contribution in [2.75, 3.05) is 18.4 Å². The van der Waals surface area contributed by atoms with Gasteiger partial charge < -0.3 is 19.9 Å². The van der Waals surface area contributed by atoms with Crippen molar-refractivity contribution in [1.82, 2.24) is 9.80 Å². The van der Waals surface area contributed by atoms with Crippen molar-refractivity contribution in [1.29, 1.82) is 0 Å². The summed E-state index contributed by atoms with van der Waals surface area (Å²) in [6.07, 6.45) is -4.07. The van der Waals surface area contributed by atoms with Crippen LogP contribution in [-0.4, -0.2) is 63.7 Å². The summed E-state index contributed by atoms with van der Waals surface area (Å²) in [6, 6.07) is 3.02. The van der Waals surface area contributed by atoms with Crippen LogP contribution in [0.5, 0.6) is 0 Å². The van der Waals surface area contributed by atoms with E-state index in [1.54, 1.807) is 46.4 Å². The Labute approximate surface area is 215 Å². The van der Waals surface area contributed by atoms with Gasteiger partial charge in [-0.15, -0.1) is 0 Å². The molecule has 0 saturated carbocycles. The van der Waals surface area contributed by atoms with E-state index in [9.17, 15) is 32.9 Å². The summed E-state index contributed by atoms with van der Waals surface area (Å²) in [7, 11) is 0. The van der Waals surface area contributed by atoms with Crippen LogP contribution in [0.25, 0.3) is 0 Å². The molecule has 2 amide bonds. The number of likely N-dealkylation sites (tertiary alicyclic amines) is 1. The zero-order chi connectivity index (χ0) is 28.3. The average molecular weight is 531 g/mol. The number of nitrogens with zero attached hydrogens (tertiary/aromatic N) is 3. The lowest BCUT2D eigenvalue weighted by Crippen LogP contribution is -2.50. The molecule has 2 atom stereocenters. The molecule has 1 aromatic rings. The van der Waals surface area contributed by atoms with Gasteiger partial charge in [0.25, 0.3) is 5.69 Å². The van der Waals surface area contributed by atoms with Gasteiger partial charge in [0.05, 0.1) is 11.0 Å². The van der Waals surface area contributed by atoms with Gasteiger partial charge in [0.15, 0.2) is 0 Å². The minimum Gasteiger partial charge on any atom is -0.444 e. The van der Waals surface area contributed by atoms with Crippen LogP contribution in [0.2, 0.25) is 0 Å². The third-order valence-electron chi connectivity index (χ3n) is 6.37. The number of carbonyl (C=O) groups is 2. The van der Waals surface area contributed by atoms with Crippen molar-refractivity contribution >= 4 is 23.4 Å². The van der Waals surface area contributed by atoms with Crippen molar-refractivity contribution in [3.8, 4) is 0 Å². The fraction of sp³-hybridized carbons (Fsp3) is 0.680. The van der Waals surface area contributed by atoms with E-state index < -0.39 is 46.7 Å². The SMILES string of the molecule is C[C@H](N(Cc1ccc(NCC2CCCN2C(=O)OC(C)(C)C)c([N+](=O)[O-])c1)C(=O)C(F)(F)F)C(C)(C)C. The first-order valence-corrected chi connectivity index (χ1v) is 12.2. The lowest BCUT2D eigenvalue weighted by Gasteiger charge is -2.38. The lowest BCUT2D eigenvalue weighted by atomic mass is 9.86. The number of halogens is 3. The van der Waals surface area contributed by atoms with Gasteiger partial charge in [-0.3, -0.25) is 14.9 Å². The van der Waals surface area contributed by atoms with Crippen LogP contribution in [-0.2, 0) is 16.1 Å².